The zero-order valence-electron chi connectivity index (χ0n) is 10.9. The molecule has 0 spiro atoms. The van der Waals surface area contributed by atoms with Crippen LogP contribution in [0.5, 0.6) is 5.75 Å². The van der Waals surface area contributed by atoms with Crippen LogP contribution in [-0.2, 0) is 0 Å². The minimum Gasteiger partial charge on any atom is -0.492 e. The Balaban J connectivity index is 3.00. The Labute approximate surface area is 111 Å². The number of ether oxygens (including phenoxy) is 1. The van der Waals surface area contributed by atoms with Crippen LogP contribution < -0.4 is 21.1 Å². The van der Waals surface area contributed by atoms with Crippen LogP contribution in [0.3, 0.4) is 0 Å². The highest BCUT2D eigenvalue weighted by molar-refractivity contribution is 7.19. The zero-order chi connectivity index (χ0) is 13.7. The number of nitrogens with two attached hydrogens (primary N) is 1. The molecule has 100 valence electrons. The molecule has 1 amide bonds. The Kier molecular flexibility index (Phi) is 5.03. The molecule has 1 rings (SSSR count). The Bertz CT molecular complexity index is 454. The topological polar surface area (TPSA) is 76.4 Å². The summed E-state index contributed by atoms with van der Waals surface area (Å²) in [5, 5.41) is 6.63. The van der Waals surface area contributed by atoms with Crippen LogP contribution in [-0.4, -0.2) is 26.1 Å². The Morgan fingerprint density at radius 2 is 2.22 bits per heavy atom. The van der Waals surface area contributed by atoms with Gasteiger partial charge in [0.2, 0.25) is 0 Å². The van der Waals surface area contributed by atoms with Crippen molar-refractivity contribution in [3.8, 4) is 5.75 Å². The maximum absolute atomic E-state index is 11.8. The first-order valence-corrected chi connectivity index (χ1v) is 6.45. The van der Waals surface area contributed by atoms with E-state index in [2.05, 4.69) is 17.2 Å². The predicted molar refractivity (Wildman–Crippen MR) is 76.6 cm³/mol. The van der Waals surface area contributed by atoms with E-state index in [1.807, 2.05) is 13.8 Å². The van der Waals surface area contributed by atoms with Crippen molar-refractivity contribution < 1.29 is 9.53 Å². The highest BCUT2D eigenvalue weighted by Gasteiger charge is 2.21. The van der Waals surface area contributed by atoms with Gasteiger partial charge >= 0.3 is 0 Å². The molecular formula is C12H19N3O2S. The van der Waals surface area contributed by atoms with Gasteiger partial charge in [0.05, 0.1) is 7.11 Å². The van der Waals surface area contributed by atoms with Crippen molar-refractivity contribution in [1.29, 1.82) is 0 Å². The molecule has 0 aromatic carbocycles. The van der Waals surface area contributed by atoms with Crippen LogP contribution in [0.15, 0.2) is 12.2 Å². The largest absolute Gasteiger partial charge is 0.492 e. The molecule has 0 saturated carbocycles. The highest BCUT2D eigenvalue weighted by Crippen LogP contribution is 2.42. The van der Waals surface area contributed by atoms with Gasteiger partial charge in [0.1, 0.15) is 15.6 Å². The predicted octanol–water partition coefficient (Wildman–Crippen LogP) is 2.08. The highest BCUT2D eigenvalue weighted by atomic mass is 32.1. The maximum Gasteiger partial charge on any atom is 0.263 e. The number of amides is 1. The van der Waals surface area contributed by atoms with Crippen LogP contribution >= 0.6 is 11.3 Å². The molecule has 0 fully saturated rings. The van der Waals surface area contributed by atoms with E-state index >= 15 is 0 Å². The number of thiophene rings is 1. The lowest BCUT2D eigenvalue weighted by molar-refractivity contribution is 0.0960. The normalized spacial score (nSPS) is 9.94. The fraction of sp³-hybridized carbons (Fsp3) is 0.417. The van der Waals surface area contributed by atoms with Crippen LogP contribution in [0.25, 0.3) is 0 Å². The van der Waals surface area contributed by atoms with E-state index in [9.17, 15) is 4.79 Å². The summed E-state index contributed by atoms with van der Waals surface area (Å²) in [6, 6.07) is 0. The summed E-state index contributed by atoms with van der Waals surface area (Å²) in [6.45, 7) is 8.77. The number of nitrogen functional groups attached to an aromatic ring is 1. The number of nitrogens with one attached hydrogen (secondary N) is 2. The van der Waals surface area contributed by atoms with E-state index in [0.29, 0.717) is 29.4 Å². The third kappa shape index (κ3) is 3.16. The summed E-state index contributed by atoms with van der Waals surface area (Å²) in [6.07, 6.45) is 0. The van der Waals surface area contributed by atoms with Crippen LogP contribution in [0.2, 0.25) is 0 Å². The summed E-state index contributed by atoms with van der Waals surface area (Å²) in [4.78, 5) is 12.3. The SMILES string of the molecule is C=C(C)CNc1sc(C(=O)NCC)c(N)c1OC. The third-order valence-electron chi connectivity index (χ3n) is 2.20. The fourth-order valence-corrected chi connectivity index (χ4v) is 2.39. The van der Waals surface area contributed by atoms with Crippen LogP contribution in [0.4, 0.5) is 10.7 Å². The monoisotopic (exact) mass is 269 g/mol. The maximum atomic E-state index is 11.8. The van der Waals surface area contributed by atoms with Crippen molar-refractivity contribution in [1.82, 2.24) is 5.32 Å². The first-order chi connectivity index (χ1) is 8.51. The van der Waals surface area contributed by atoms with Gasteiger partial charge in [-0.25, -0.2) is 0 Å². The average Bonchev–Trinajstić information content (AvgIpc) is 2.63. The lowest BCUT2D eigenvalue weighted by atomic mass is 10.3. The van der Waals surface area contributed by atoms with Crippen molar-refractivity contribution in [3.63, 3.8) is 0 Å². The van der Waals surface area contributed by atoms with Gasteiger partial charge in [-0.05, 0) is 13.8 Å². The molecule has 1 aromatic heterocycles. The summed E-state index contributed by atoms with van der Waals surface area (Å²) in [7, 11) is 1.53. The quantitative estimate of drug-likeness (QED) is 0.691. The van der Waals surface area contributed by atoms with Gasteiger partial charge in [-0.3, -0.25) is 4.79 Å². The number of carbonyl (C=O) groups excluding carboxylic acids is 1. The van der Waals surface area contributed by atoms with E-state index in [4.69, 9.17) is 10.5 Å². The molecule has 0 unspecified atom stereocenters. The first-order valence-electron chi connectivity index (χ1n) is 5.63. The summed E-state index contributed by atoms with van der Waals surface area (Å²) >= 11 is 1.29. The second-order valence-electron chi connectivity index (χ2n) is 3.88. The summed E-state index contributed by atoms with van der Waals surface area (Å²) < 4.78 is 5.23. The Morgan fingerprint density at radius 3 is 2.72 bits per heavy atom. The van der Waals surface area contributed by atoms with E-state index in [-0.39, 0.29) is 5.91 Å². The second kappa shape index (κ2) is 6.30. The number of hydrogen-bond acceptors (Lipinski definition) is 5. The van der Waals surface area contributed by atoms with Crippen molar-refractivity contribution in [2.75, 3.05) is 31.2 Å². The number of carbonyl (C=O) groups is 1. The molecule has 0 bridgehead atoms. The van der Waals surface area contributed by atoms with Gasteiger partial charge < -0.3 is 21.1 Å². The van der Waals surface area contributed by atoms with E-state index in [1.54, 1.807) is 0 Å². The summed E-state index contributed by atoms with van der Waals surface area (Å²) in [5.74, 6) is 0.337. The van der Waals surface area contributed by atoms with E-state index in [1.165, 1.54) is 18.4 Å². The molecule has 4 N–H and O–H groups in total. The molecular weight excluding hydrogens is 250 g/mol. The molecule has 1 heterocycles. The van der Waals surface area contributed by atoms with Crippen molar-refractivity contribution in [3.05, 3.63) is 17.0 Å². The smallest absolute Gasteiger partial charge is 0.263 e. The van der Waals surface area contributed by atoms with Gasteiger partial charge in [-0.15, -0.1) is 11.3 Å². The molecule has 0 aliphatic rings. The standard InChI is InChI=1S/C12H19N3O2S/c1-5-14-11(16)10-8(13)9(17-4)12(18-10)15-6-7(2)3/h15H,2,5-6,13H2,1,3-4H3,(H,14,16). The van der Waals surface area contributed by atoms with Crippen molar-refractivity contribution >= 4 is 27.9 Å². The Hall–Kier alpha value is -1.69. The molecule has 0 aliphatic heterocycles. The average molecular weight is 269 g/mol. The molecule has 0 saturated heterocycles. The number of anilines is 2. The van der Waals surface area contributed by atoms with Crippen molar-refractivity contribution in [2.24, 2.45) is 0 Å². The molecule has 1 aromatic rings. The third-order valence-corrected chi connectivity index (χ3v) is 3.34. The first kappa shape index (κ1) is 14.4. The van der Waals surface area contributed by atoms with Gasteiger partial charge in [0, 0.05) is 13.1 Å². The lowest BCUT2D eigenvalue weighted by Crippen LogP contribution is -2.22. The fourth-order valence-electron chi connectivity index (χ4n) is 1.39. The van der Waals surface area contributed by atoms with Crippen LogP contribution in [0.1, 0.15) is 23.5 Å². The molecule has 6 heteroatoms. The number of hydrogen-bond donors (Lipinski definition) is 3. The van der Waals surface area contributed by atoms with E-state index in [0.717, 1.165) is 10.6 Å². The second-order valence-corrected chi connectivity index (χ2v) is 4.90. The minimum atomic E-state index is -0.179. The molecule has 18 heavy (non-hydrogen) atoms. The van der Waals surface area contributed by atoms with Crippen molar-refractivity contribution in [2.45, 2.75) is 13.8 Å². The number of rotatable bonds is 6. The van der Waals surface area contributed by atoms with Gasteiger partial charge in [-0.1, -0.05) is 12.2 Å². The molecule has 0 aliphatic carbocycles. The van der Waals surface area contributed by atoms with E-state index < -0.39 is 0 Å². The van der Waals surface area contributed by atoms with Gasteiger partial charge in [0.15, 0.2) is 5.75 Å². The minimum absolute atomic E-state index is 0.179. The van der Waals surface area contributed by atoms with Crippen LogP contribution in [0, 0.1) is 0 Å². The molecule has 5 nitrogen and oxygen atoms in total. The molecule has 0 atom stereocenters. The molecule has 0 radical (unpaired) electrons. The summed E-state index contributed by atoms with van der Waals surface area (Å²) in [5.41, 5.74) is 7.28. The Morgan fingerprint density at radius 1 is 1.56 bits per heavy atom. The van der Waals surface area contributed by atoms with Gasteiger partial charge in [-0.2, -0.15) is 0 Å². The van der Waals surface area contributed by atoms with Gasteiger partial charge in [0.25, 0.3) is 5.91 Å². The zero-order valence-corrected chi connectivity index (χ0v) is 11.7. The lowest BCUT2D eigenvalue weighted by Gasteiger charge is -2.06. The number of methoxy groups -OCH3 is 1.